The summed E-state index contributed by atoms with van der Waals surface area (Å²) >= 11 is 1.37. The number of benzene rings is 2. The second kappa shape index (κ2) is 9.78. The highest BCUT2D eigenvalue weighted by Crippen LogP contribution is 2.25. The average Bonchev–Trinajstić information content (AvgIpc) is 2.61. The molecule has 0 saturated heterocycles. The molecule has 0 aromatic heterocycles. The molecule has 0 fully saturated rings. The smallest absolute Gasteiger partial charge is 0.307 e. The van der Waals surface area contributed by atoms with E-state index in [-0.39, 0.29) is 18.3 Å². The van der Waals surface area contributed by atoms with E-state index < -0.39 is 5.25 Å². The number of hydrogen-bond donors (Lipinski definition) is 1. The van der Waals surface area contributed by atoms with Gasteiger partial charge in [0.2, 0.25) is 5.91 Å². The molecule has 0 radical (unpaired) electrons. The largest absolute Gasteiger partial charge is 0.466 e. The Kier molecular flexibility index (Phi) is 7.36. The second-order valence-corrected chi connectivity index (χ2v) is 6.41. The van der Waals surface area contributed by atoms with Gasteiger partial charge in [-0.15, -0.1) is 11.8 Å². The zero-order valence-corrected chi connectivity index (χ0v) is 14.4. The minimum atomic E-state index is -0.518. The molecule has 1 amide bonds. The number of hydrogen-bond acceptors (Lipinski definition) is 4. The molecule has 24 heavy (non-hydrogen) atoms. The third kappa shape index (κ3) is 6.08. The molecular weight excluding hydrogens is 322 g/mol. The monoisotopic (exact) mass is 343 g/mol. The van der Waals surface area contributed by atoms with Gasteiger partial charge in [-0.1, -0.05) is 48.5 Å². The van der Waals surface area contributed by atoms with Crippen molar-refractivity contribution in [2.24, 2.45) is 0 Å². The molecule has 1 unspecified atom stereocenters. The predicted octanol–water partition coefficient (Wildman–Crippen LogP) is 3.42. The zero-order valence-electron chi connectivity index (χ0n) is 13.6. The van der Waals surface area contributed by atoms with Crippen LogP contribution >= 0.6 is 11.8 Å². The highest BCUT2D eigenvalue weighted by molar-refractivity contribution is 8.00. The lowest BCUT2D eigenvalue weighted by Crippen LogP contribution is -2.34. The van der Waals surface area contributed by atoms with Gasteiger partial charge in [0.05, 0.1) is 18.3 Å². The summed E-state index contributed by atoms with van der Waals surface area (Å²) in [5.74, 6) is -0.526. The summed E-state index contributed by atoms with van der Waals surface area (Å²) in [5, 5.41) is 2.38. The van der Waals surface area contributed by atoms with Gasteiger partial charge >= 0.3 is 5.97 Å². The first-order valence-corrected chi connectivity index (χ1v) is 8.76. The summed E-state index contributed by atoms with van der Waals surface area (Å²) < 4.78 is 4.99. The van der Waals surface area contributed by atoms with Crippen LogP contribution in [0.5, 0.6) is 0 Å². The van der Waals surface area contributed by atoms with Gasteiger partial charge in [-0.05, 0) is 24.6 Å². The molecular formula is C19H21NO3S. The van der Waals surface area contributed by atoms with E-state index in [1.165, 1.54) is 11.8 Å². The lowest BCUT2D eigenvalue weighted by atomic mass is 10.2. The van der Waals surface area contributed by atoms with Crippen molar-refractivity contribution in [2.75, 3.05) is 6.61 Å². The average molecular weight is 343 g/mol. The predicted molar refractivity (Wildman–Crippen MR) is 95.6 cm³/mol. The Morgan fingerprint density at radius 1 is 1.04 bits per heavy atom. The lowest BCUT2D eigenvalue weighted by molar-refractivity contribution is -0.144. The fraction of sp³-hybridized carbons (Fsp3) is 0.263. The molecule has 4 nitrogen and oxygen atoms in total. The molecule has 0 bridgehead atoms. The maximum atomic E-state index is 12.5. The number of thioether (sulfide) groups is 1. The maximum Gasteiger partial charge on any atom is 0.307 e. The van der Waals surface area contributed by atoms with Gasteiger partial charge in [-0.3, -0.25) is 9.59 Å². The molecule has 2 aromatic rings. The highest BCUT2D eigenvalue weighted by atomic mass is 32.2. The van der Waals surface area contributed by atoms with E-state index in [0.717, 1.165) is 10.5 Å². The van der Waals surface area contributed by atoms with Crippen molar-refractivity contribution in [3.05, 3.63) is 66.2 Å². The van der Waals surface area contributed by atoms with Crippen LogP contribution in [0.4, 0.5) is 0 Å². The van der Waals surface area contributed by atoms with Crippen molar-refractivity contribution in [1.29, 1.82) is 0 Å². The fourth-order valence-corrected chi connectivity index (χ4v) is 3.17. The summed E-state index contributed by atoms with van der Waals surface area (Å²) in [6.45, 7) is 2.51. The molecule has 1 N–H and O–H groups in total. The molecule has 0 aliphatic rings. The van der Waals surface area contributed by atoms with E-state index in [1.807, 2.05) is 60.7 Å². The van der Waals surface area contributed by atoms with Crippen molar-refractivity contribution in [1.82, 2.24) is 5.32 Å². The number of rotatable bonds is 8. The van der Waals surface area contributed by atoms with Crippen LogP contribution in [0, 0.1) is 0 Å². The van der Waals surface area contributed by atoms with Crippen LogP contribution in [-0.2, 0) is 20.9 Å². The molecule has 0 saturated carbocycles. The van der Waals surface area contributed by atoms with Crippen molar-refractivity contribution in [2.45, 2.75) is 30.0 Å². The molecule has 0 aliphatic heterocycles. The molecule has 2 rings (SSSR count). The van der Waals surface area contributed by atoms with Gasteiger partial charge in [0.25, 0.3) is 0 Å². The summed E-state index contributed by atoms with van der Waals surface area (Å²) in [5.41, 5.74) is 1.02. The maximum absolute atomic E-state index is 12.5. The van der Waals surface area contributed by atoms with Crippen LogP contribution in [0.3, 0.4) is 0 Å². The molecule has 126 valence electrons. The van der Waals surface area contributed by atoms with Crippen LogP contribution in [0.25, 0.3) is 0 Å². The number of carbonyl (C=O) groups is 2. The van der Waals surface area contributed by atoms with E-state index in [4.69, 9.17) is 4.74 Å². The second-order valence-electron chi connectivity index (χ2n) is 5.13. The van der Waals surface area contributed by atoms with Gasteiger partial charge in [0.15, 0.2) is 0 Å². The van der Waals surface area contributed by atoms with Gasteiger partial charge in [0.1, 0.15) is 0 Å². The summed E-state index contributed by atoms with van der Waals surface area (Å²) in [6.07, 6.45) is 0.0496. The third-order valence-corrected chi connectivity index (χ3v) is 4.49. The normalized spacial score (nSPS) is 11.5. The first kappa shape index (κ1) is 18.1. The number of nitrogens with one attached hydrogen (secondary N) is 1. The number of amides is 1. The van der Waals surface area contributed by atoms with Crippen LogP contribution in [-0.4, -0.2) is 23.7 Å². The molecule has 0 heterocycles. The molecule has 5 heteroatoms. The van der Waals surface area contributed by atoms with Crippen LogP contribution < -0.4 is 5.32 Å². The van der Waals surface area contributed by atoms with Gasteiger partial charge < -0.3 is 10.1 Å². The van der Waals surface area contributed by atoms with Crippen molar-refractivity contribution in [3.8, 4) is 0 Å². The van der Waals surface area contributed by atoms with E-state index in [1.54, 1.807) is 6.92 Å². The standard InChI is InChI=1S/C19H21NO3S/c1-2-23-18(21)13-17(24-16-11-7-4-8-12-16)19(22)20-14-15-9-5-3-6-10-15/h3-12,17H,2,13-14H2,1H3,(H,20,22). The van der Waals surface area contributed by atoms with Crippen molar-refractivity contribution < 1.29 is 14.3 Å². The lowest BCUT2D eigenvalue weighted by Gasteiger charge is -2.16. The van der Waals surface area contributed by atoms with E-state index >= 15 is 0 Å². The quantitative estimate of drug-likeness (QED) is 0.589. The number of ether oxygens (including phenoxy) is 1. The molecule has 0 spiro atoms. The van der Waals surface area contributed by atoms with E-state index in [9.17, 15) is 9.59 Å². The van der Waals surface area contributed by atoms with Gasteiger partial charge in [0, 0.05) is 11.4 Å². The SMILES string of the molecule is CCOC(=O)CC(Sc1ccccc1)C(=O)NCc1ccccc1. The number of carbonyl (C=O) groups excluding carboxylic acids is 2. The van der Waals surface area contributed by atoms with E-state index in [0.29, 0.717) is 13.2 Å². The fourth-order valence-electron chi connectivity index (χ4n) is 2.12. The van der Waals surface area contributed by atoms with Gasteiger partial charge in [-0.25, -0.2) is 0 Å². The first-order valence-electron chi connectivity index (χ1n) is 7.88. The summed E-state index contributed by atoms with van der Waals surface area (Å²) in [4.78, 5) is 25.3. The highest BCUT2D eigenvalue weighted by Gasteiger charge is 2.23. The Labute approximate surface area is 146 Å². The third-order valence-electron chi connectivity index (χ3n) is 3.28. The Morgan fingerprint density at radius 2 is 1.67 bits per heavy atom. The number of esters is 1. The Hall–Kier alpha value is -2.27. The van der Waals surface area contributed by atoms with Crippen molar-refractivity contribution >= 4 is 23.6 Å². The Balaban J connectivity index is 2.00. The van der Waals surface area contributed by atoms with Crippen molar-refractivity contribution in [3.63, 3.8) is 0 Å². The topological polar surface area (TPSA) is 55.4 Å². The first-order chi connectivity index (χ1) is 11.7. The summed E-state index contributed by atoms with van der Waals surface area (Å²) in [6, 6.07) is 19.3. The van der Waals surface area contributed by atoms with Crippen LogP contribution in [0.15, 0.2) is 65.6 Å². The van der Waals surface area contributed by atoms with Gasteiger partial charge in [-0.2, -0.15) is 0 Å². The Morgan fingerprint density at radius 3 is 2.29 bits per heavy atom. The van der Waals surface area contributed by atoms with Crippen LogP contribution in [0.1, 0.15) is 18.9 Å². The molecule has 1 atom stereocenters. The minimum Gasteiger partial charge on any atom is -0.466 e. The molecule has 0 aliphatic carbocycles. The van der Waals surface area contributed by atoms with Crippen LogP contribution in [0.2, 0.25) is 0 Å². The Bertz CT molecular complexity index is 646. The zero-order chi connectivity index (χ0) is 17.2. The summed E-state index contributed by atoms with van der Waals surface area (Å²) in [7, 11) is 0. The van der Waals surface area contributed by atoms with E-state index in [2.05, 4.69) is 5.32 Å². The molecule has 2 aromatic carbocycles. The minimum absolute atomic E-state index is 0.0496.